The summed E-state index contributed by atoms with van der Waals surface area (Å²) in [6.45, 7) is 4.82. The number of nitrogens with zero attached hydrogens (tertiary/aromatic N) is 2. The normalized spacial score (nSPS) is 14.2. The van der Waals surface area contributed by atoms with Gasteiger partial charge in [-0.2, -0.15) is 0 Å². The van der Waals surface area contributed by atoms with Gasteiger partial charge in [0.2, 0.25) is 28.6 Å². The first-order valence-corrected chi connectivity index (χ1v) is 13.1. The van der Waals surface area contributed by atoms with Crippen LogP contribution in [0.15, 0.2) is 42.5 Å². The van der Waals surface area contributed by atoms with Crippen LogP contribution in [0, 0.1) is 5.82 Å². The van der Waals surface area contributed by atoms with E-state index in [2.05, 4.69) is 5.32 Å². The number of carbonyl (C=O) groups is 2. The molecule has 0 aromatic heterocycles. The van der Waals surface area contributed by atoms with E-state index in [9.17, 15) is 22.4 Å². The molecular weight excluding hydrogens is 477 g/mol. The number of carbonyl (C=O) groups excluding carboxylic acids is 2. The summed E-state index contributed by atoms with van der Waals surface area (Å²) in [6, 6.07) is 9.12. The first kappa shape index (κ1) is 26.3. The molecule has 1 aliphatic heterocycles. The van der Waals surface area contributed by atoms with Gasteiger partial charge < -0.3 is 19.7 Å². The van der Waals surface area contributed by atoms with E-state index in [-0.39, 0.29) is 31.0 Å². The maximum absolute atomic E-state index is 13.5. The molecule has 0 unspecified atom stereocenters. The number of fused-ring (bicyclic) bond motifs is 1. The Labute approximate surface area is 204 Å². The summed E-state index contributed by atoms with van der Waals surface area (Å²) in [7, 11) is -3.87. The van der Waals surface area contributed by atoms with Crippen molar-refractivity contribution in [3.63, 3.8) is 0 Å². The SMILES string of the molecule is CC[C@H](C)NC(=O)[C@H](C)N(Cc1ccc(F)cc1)C(=O)CN(c1ccc2c(c1)OCO2)S(C)(=O)=O. The first-order chi connectivity index (χ1) is 16.5. The molecule has 1 aliphatic rings. The van der Waals surface area contributed by atoms with Crippen LogP contribution in [0.2, 0.25) is 0 Å². The lowest BCUT2D eigenvalue weighted by molar-refractivity contribution is -0.139. The molecule has 2 atom stereocenters. The van der Waals surface area contributed by atoms with Gasteiger partial charge in [-0.3, -0.25) is 13.9 Å². The topological polar surface area (TPSA) is 105 Å². The number of anilines is 1. The third-order valence-electron chi connectivity index (χ3n) is 5.76. The van der Waals surface area contributed by atoms with Crippen molar-refractivity contribution >= 4 is 27.5 Å². The maximum Gasteiger partial charge on any atom is 0.244 e. The van der Waals surface area contributed by atoms with Crippen LogP contribution in [0.4, 0.5) is 10.1 Å². The van der Waals surface area contributed by atoms with Gasteiger partial charge in [0.1, 0.15) is 18.4 Å². The van der Waals surface area contributed by atoms with Gasteiger partial charge in [-0.05, 0) is 50.1 Å². The molecule has 190 valence electrons. The number of benzene rings is 2. The molecule has 0 saturated carbocycles. The molecule has 0 aliphatic carbocycles. The number of ether oxygens (including phenoxy) is 2. The maximum atomic E-state index is 13.5. The quantitative estimate of drug-likeness (QED) is 0.530. The van der Waals surface area contributed by atoms with Gasteiger partial charge in [0, 0.05) is 18.7 Å². The number of hydrogen-bond acceptors (Lipinski definition) is 6. The minimum Gasteiger partial charge on any atom is -0.454 e. The molecule has 2 amide bonds. The Kier molecular flexibility index (Phi) is 8.21. The first-order valence-electron chi connectivity index (χ1n) is 11.2. The van der Waals surface area contributed by atoms with Crippen LogP contribution in [-0.4, -0.2) is 56.8 Å². The molecule has 11 heteroatoms. The predicted molar refractivity (Wildman–Crippen MR) is 129 cm³/mol. The lowest BCUT2D eigenvalue weighted by Crippen LogP contribution is -2.52. The fraction of sp³-hybridized carbons (Fsp3) is 0.417. The minimum absolute atomic E-state index is 0.00700. The molecule has 9 nitrogen and oxygen atoms in total. The average Bonchev–Trinajstić information content (AvgIpc) is 3.28. The molecule has 0 spiro atoms. The average molecular weight is 508 g/mol. The summed E-state index contributed by atoms with van der Waals surface area (Å²) in [5.74, 6) is -0.553. The summed E-state index contributed by atoms with van der Waals surface area (Å²) in [5, 5.41) is 2.85. The van der Waals surface area contributed by atoms with E-state index in [0.717, 1.165) is 10.6 Å². The van der Waals surface area contributed by atoms with Crippen molar-refractivity contribution in [1.82, 2.24) is 10.2 Å². The molecule has 2 aromatic rings. The number of halogens is 1. The van der Waals surface area contributed by atoms with E-state index in [1.807, 2.05) is 13.8 Å². The molecule has 0 radical (unpaired) electrons. The van der Waals surface area contributed by atoms with Crippen LogP contribution in [-0.2, 0) is 26.2 Å². The third kappa shape index (κ3) is 6.62. The molecule has 3 rings (SSSR count). The molecule has 0 saturated heterocycles. The van der Waals surface area contributed by atoms with Gasteiger partial charge >= 0.3 is 0 Å². The molecular formula is C24H30FN3O6S. The highest BCUT2D eigenvalue weighted by molar-refractivity contribution is 7.92. The number of nitrogens with one attached hydrogen (secondary N) is 1. The Hall–Kier alpha value is -3.34. The fourth-order valence-electron chi connectivity index (χ4n) is 3.49. The van der Waals surface area contributed by atoms with E-state index in [1.165, 1.54) is 41.3 Å². The number of rotatable bonds is 10. The fourth-order valence-corrected chi connectivity index (χ4v) is 4.33. The standard InChI is InChI=1S/C24H30FN3O6S/c1-5-16(2)26-24(30)17(3)27(13-18-6-8-19(25)9-7-18)23(29)14-28(35(4,31)32)20-10-11-21-22(12-20)34-15-33-21/h6-12,16-17H,5,13-15H2,1-4H3,(H,26,30)/t16-,17-/m0/s1. The molecule has 35 heavy (non-hydrogen) atoms. The lowest BCUT2D eigenvalue weighted by Gasteiger charge is -2.32. The Morgan fingerprint density at radius 1 is 1.09 bits per heavy atom. The summed E-state index contributed by atoms with van der Waals surface area (Å²) < 4.78 is 50.2. The number of amides is 2. The van der Waals surface area contributed by atoms with Gasteiger partial charge in [0.05, 0.1) is 11.9 Å². The van der Waals surface area contributed by atoms with Gasteiger partial charge in [-0.1, -0.05) is 19.1 Å². The molecule has 2 aromatic carbocycles. The van der Waals surface area contributed by atoms with Gasteiger partial charge in [0.15, 0.2) is 11.5 Å². The Balaban J connectivity index is 1.90. The molecule has 1 heterocycles. The highest BCUT2D eigenvalue weighted by atomic mass is 32.2. The molecule has 0 bridgehead atoms. The van der Waals surface area contributed by atoms with Gasteiger partial charge in [0.25, 0.3) is 0 Å². The van der Waals surface area contributed by atoms with Crippen molar-refractivity contribution in [2.75, 3.05) is 23.9 Å². The van der Waals surface area contributed by atoms with E-state index >= 15 is 0 Å². The van der Waals surface area contributed by atoms with Crippen molar-refractivity contribution in [3.05, 3.63) is 53.8 Å². The zero-order valence-corrected chi connectivity index (χ0v) is 21.0. The van der Waals surface area contributed by atoms with Gasteiger partial charge in [-0.25, -0.2) is 12.8 Å². The number of hydrogen-bond donors (Lipinski definition) is 1. The molecule has 1 N–H and O–H groups in total. The Morgan fingerprint density at radius 3 is 2.37 bits per heavy atom. The second kappa shape index (κ2) is 10.9. The lowest BCUT2D eigenvalue weighted by atomic mass is 10.1. The Morgan fingerprint density at radius 2 is 1.74 bits per heavy atom. The zero-order chi connectivity index (χ0) is 25.8. The van der Waals surface area contributed by atoms with Crippen molar-refractivity contribution < 1.29 is 31.9 Å². The van der Waals surface area contributed by atoms with Crippen LogP contribution in [0.5, 0.6) is 11.5 Å². The van der Waals surface area contributed by atoms with Crippen LogP contribution in [0.3, 0.4) is 0 Å². The van der Waals surface area contributed by atoms with E-state index in [4.69, 9.17) is 9.47 Å². The van der Waals surface area contributed by atoms with Crippen molar-refractivity contribution in [2.45, 2.75) is 45.8 Å². The summed E-state index contributed by atoms with van der Waals surface area (Å²) >= 11 is 0. The van der Waals surface area contributed by atoms with Crippen molar-refractivity contribution in [2.24, 2.45) is 0 Å². The summed E-state index contributed by atoms with van der Waals surface area (Å²) in [5.41, 5.74) is 0.820. The van der Waals surface area contributed by atoms with E-state index in [0.29, 0.717) is 23.5 Å². The highest BCUT2D eigenvalue weighted by Gasteiger charge is 2.31. The van der Waals surface area contributed by atoms with E-state index in [1.54, 1.807) is 13.0 Å². The van der Waals surface area contributed by atoms with Crippen LogP contribution in [0.25, 0.3) is 0 Å². The second-order valence-electron chi connectivity index (χ2n) is 8.45. The van der Waals surface area contributed by atoms with Crippen molar-refractivity contribution in [3.8, 4) is 11.5 Å². The highest BCUT2D eigenvalue weighted by Crippen LogP contribution is 2.36. The predicted octanol–water partition coefficient (Wildman–Crippen LogP) is 2.65. The van der Waals surface area contributed by atoms with Crippen LogP contribution < -0.4 is 19.1 Å². The summed E-state index contributed by atoms with van der Waals surface area (Å²) in [6.07, 6.45) is 1.70. The summed E-state index contributed by atoms with van der Waals surface area (Å²) in [4.78, 5) is 27.6. The number of sulfonamides is 1. The monoisotopic (exact) mass is 507 g/mol. The smallest absolute Gasteiger partial charge is 0.244 e. The zero-order valence-electron chi connectivity index (χ0n) is 20.2. The van der Waals surface area contributed by atoms with Crippen LogP contribution >= 0.6 is 0 Å². The van der Waals surface area contributed by atoms with Crippen LogP contribution in [0.1, 0.15) is 32.8 Å². The van der Waals surface area contributed by atoms with Crippen molar-refractivity contribution in [1.29, 1.82) is 0 Å². The molecule has 0 fully saturated rings. The largest absolute Gasteiger partial charge is 0.454 e. The third-order valence-corrected chi connectivity index (χ3v) is 6.90. The second-order valence-corrected chi connectivity index (χ2v) is 10.4. The van der Waals surface area contributed by atoms with E-state index < -0.39 is 34.3 Å². The van der Waals surface area contributed by atoms with Gasteiger partial charge in [-0.15, -0.1) is 0 Å². The minimum atomic E-state index is -3.87. The Bertz CT molecular complexity index is 1170.